The largest absolute Gasteiger partial charge is 0.310 e. The number of benzene rings is 1. The van der Waals surface area contributed by atoms with E-state index in [1.54, 1.807) is 0 Å². The van der Waals surface area contributed by atoms with Crippen LogP contribution in [0.1, 0.15) is 70.4 Å². The zero-order chi connectivity index (χ0) is 14.8. The molecule has 0 fully saturated rings. The molecule has 1 nitrogen and oxygen atoms in total. The van der Waals surface area contributed by atoms with Crippen molar-refractivity contribution in [2.45, 2.75) is 64.8 Å². The first-order valence-corrected chi connectivity index (χ1v) is 9.33. The molecule has 0 bridgehead atoms. The molecule has 1 unspecified atom stereocenters. The molecule has 1 atom stereocenters. The van der Waals surface area contributed by atoms with E-state index >= 15 is 0 Å². The second kappa shape index (κ2) is 10.9. The molecular weight excluding hydrogens is 381 g/mol. The molecule has 114 valence electrons. The zero-order valence-electron chi connectivity index (χ0n) is 12.7. The van der Waals surface area contributed by atoms with E-state index in [9.17, 15) is 0 Å². The molecule has 1 aromatic carbocycles. The van der Waals surface area contributed by atoms with Crippen molar-refractivity contribution in [3.05, 3.63) is 32.4 Å². The Morgan fingerprint density at radius 3 is 2.50 bits per heavy atom. The molecular formula is C17H27ClIN. The van der Waals surface area contributed by atoms with E-state index < -0.39 is 0 Å². The standard InChI is InChI=1S/C17H27ClIN/c1-3-5-6-7-8-9-10-17(20-4-2)15-13-14(18)11-12-16(15)19/h11-13,17,20H,3-10H2,1-2H3. The molecule has 0 radical (unpaired) electrons. The maximum Gasteiger partial charge on any atom is 0.0410 e. The number of halogens is 2. The van der Waals surface area contributed by atoms with Crippen LogP contribution in [0.2, 0.25) is 5.02 Å². The first-order chi connectivity index (χ1) is 9.69. The normalized spacial score (nSPS) is 12.6. The highest BCUT2D eigenvalue weighted by Gasteiger charge is 2.13. The van der Waals surface area contributed by atoms with Gasteiger partial charge in [0.25, 0.3) is 0 Å². The molecule has 3 heteroatoms. The highest BCUT2D eigenvalue weighted by molar-refractivity contribution is 14.1. The van der Waals surface area contributed by atoms with Crippen LogP contribution in [0.25, 0.3) is 0 Å². The highest BCUT2D eigenvalue weighted by Crippen LogP contribution is 2.27. The van der Waals surface area contributed by atoms with Crippen LogP contribution in [0.4, 0.5) is 0 Å². The molecule has 20 heavy (non-hydrogen) atoms. The van der Waals surface area contributed by atoms with Crippen molar-refractivity contribution in [1.82, 2.24) is 5.32 Å². The summed E-state index contributed by atoms with van der Waals surface area (Å²) in [6, 6.07) is 6.65. The summed E-state index contributed by atoms with van der Waals surface area (Å²) in [6.07, 6.45) is 9.30. The molecule has 0 heterocycles. The molecule has 0 saturated heterocycles. The molecule has 0 amide bonds. The van der Waals surface area contributed by atoms with E-state index in [2.05, 4.69) is 53.9 Å². The summed E-state index contributed by atoms with van der Waals surface area (Å²) in [4.78, 5) is 0. The highest BCUT2D eigenvalue weighted by atomic mass is 127. The lowest BCUT2D eigenvalue weighted by Crippen LogP contribution is -2.21. The SMILES string of the molecule is CCCCCCCCC(NCC)c1cc(Cl)ccc1I. The van der Waals surface area contributed by atoms with Gasteiger partial charge in [0.15, 0.2) is 0 Å². The van der Waals surface area contributed by atoms with Gasteiger partial charge in [-0.1, -0.05) is 64.0 Å². The van der Waals surface area contributed by atoms with Crippen LogP contribution in [-0.2, 0) is 0 Å². The van der Waals surface area contributed by atoms with E-state index in [1.165, 1.54) is 54.1 Å². The summed E-state index contributed by atoms with van der Waals surface area (Å²) in [5.74, 6) is 0. The monoisotopic (exact) mass is 407 g/mol. The van der Waals surface area contributed by atoms with Crippen molar-refractivity contribution in [3.63, 3.8) is 0 Å². The molecule has 0 aromatic heterocycles. The molecule has 0 aliphatic heterocycles. The lowest BCUT2D eigenvalue weighted by molar-refractivity contribution is 0.475. The summed E-state index contributed by atoms with van der Waals surface area (Å²) >= 11 is 8.56. The van der Waals surface area contributed by atoms with Gasteiger partial charge in [-0.3, -0.25) is 0 Å². The van der Waals surface area contributed by atoms with Crippen molar-refractivity contribution >= 4 is 34.2 Å². The lowest BCUT2D eigenvalue weighted by atomic mass is 9.99. The number of hydrogen-bond donors (Lipinski definition) is 1. The minimum absolute atomic E-state index is 0.441. The predicted octanol–water partition coefficient (Wildman–Crippen LogP) is 6.35. The molecule has 0 spiro atoms. The minimum Gasteiger partial charge on any atom is -0.310 e. The fourth-order valence-corrected chi connectivity index (χ4v) is 3.42. The first-order valence-electron chi connectivity index (χ1n) is 7.87. The van der Waals surface area contributed by atoms with E-state index in [1.807, 2.05) is 6.07 Å². The van der Waals surface area contributed by atoms with Gasteiger partial charge in [0.2, 0.25) is 0 Å². The molecule has 0 saturated carbocycles. The zero-order valence-corrected chi connectivity index (χ0v) is 15.6. The molecule has 1 rings (SSSR count). The average molecular weight is 408 g/mol. The van der Waals surface area contributed by atoms with Gasteiger partial charge in [-0.25, -0.2) is 0 Å². The molecule has 0 aliphatic carbocycles. The van der Waals surface area contributed by atoms with Gasteiger partial charge in [-0.2, -0.15) is 0 Å². The molecule has 1 N–H and O–H groups in total. The number of hydrogen-bond acceptors (Lipinski definition) is 1. The minimum atomic E-state index is 0.441. The van der Waals surface area contributed by atoms with E-state index in [-0.39, 0.29) is 0 Å². The van der Waals surface area contributed by atoms with Crippen molar-refractivity contribution < 1.29 is 0 Å². The van der Waals surface area contributed by atoms with Gasteiger partial charge in [0.1, 0.15) is 0 Å². The molecule has 0 aliphatic rings. The van der Waals surface area contributed by atoms with Crippen molar-refractivity contribution in [2.75, 3.05) is 6.54 Å². The summed E-state index contributed by atoms with van der Waals surface area (Å²) in [5.41, 5.74) is 1.36. The van der Waals surface area contributed by atoms with Crippen molar-refractivity contribution in [3.8, 4) is 0 Å². The van der Waals surface area contributed by atoms with Crippen LogP contribution < -0.4 is 5.32 Å². The van der Waals surface area contributed by atoms with Crippen LogP contribution in [0.15, 0.2) is 18.2 Å². The van der Waals surface area contributed by atoms with E-state index in [0.717, 1.165) is 11.6 Å². The second-order valence-corrected chi connectivity index (χ2v) is 6.93. The number of nitrogens with one attached hydrogen (secondary N) is 1. The maximum atomic E-state index is 6.15. The van der Waals surface area contributed by atoms with Gasteiger partial charge in [0, 0.05) is 14.6 Å². The third kappa shape index (κ3) is 6.77. The fraction of sp³-hybridized carbons (Fsp3) is 0.647. The second-order valence-electron chi connectivity index (χ2n) is 5.33. The summed E-state index contributed by atoms with van der Waals surface area (Å²) in [6.45, 7) is 5.44. The van der Waals surface area contributed by atoms with E-state index in [0.29, 0.717) is 6.04 Å². The van der Waals surface area contributed by atoms with Crippen molar-refractivity contribution in [2.24, 2.45) is 0 Å². The quantitative estimate of drug-likeness (QED) is 0.352. The van der Waals surface area contributed by atoms with Gasteiger partial charge in [-0.15, -0.1) is 0 Å². The van der Waals surface area contributed by atoms with E-state index in [4.69, 9.17) is 11.6 Å². The first kappa shape index (κ1) is 18.2. The number of unbranched alkanes of at least 4 members (excludes halogenated alkanes) is 5. The smallest absolute Gasteiger partial charge is 0.0410 e. The van der Waals surface area contributed by atoms with Crippen LogP contribution >= 0.6 is 34.2 Å². The Bertz CT molecular complexity index is 381. The Labute approximate surface area is 143 Å². The summed E-state index contributed by atoms with van der Waals surface area (Å²) < 4.78 is 1.31. The Kier molecular flexibility index (Phi) is 9.91. The van der Waals surface area contributed by atoms with Gasteiger partial charge >= 0.3 is 0 Å². The van der Waals surface area contributed by atoms with Crippen molar-refractivity contribution in [1.29, 1.82) is 0 Å². The summed E-state index contributed by atoms with van der Waals surface area (Å²) in [5, 5.41) is 4.44. The van der Waals surface area contributed by atoms with Gasteiger partial charge in [-0.05, 0) is 59.3 Å². The third-order valence-corrected chi connectivity index (χ3v) is 4.85. The van der Waals surface area contributed by atoms with Crippen LogP contribution in [0.3, 0.4) is 0 Å². The van der Waals surface area contributed by atoms with Gasteiger partial charge in [0.05, 0.1) is 0 Å². The maximum absolute atomic E-state index is 6.15. The summed E-state index contributed by atoms with van der Waals surface area (Å²) in [7, 11) is 0. The Balaban J connectivity index is 2.49. The fourth-order valence-electron chi connectivity index (χ4n) is 2.52. The lowest BCUT2D eigenvalue weighted by Gasteiger charge is -2.20. The van der Waals surface area contributed by atoms with Gasteiger partial charge < -0.3 is 5.32 Å². The Morgan fingerprint density at radius 1 is 1.10 bits per heavy atom. The third-order valence-electron chi connectivity index (χ3n) is 3.63. The predicted molar refractivity (Wildman–Crippen MR) is 98.6 cm³/mol. The number of rotatable bonds is 10. The Hall–Kier alpha value is 0.200. The Morgan fingerprint density at radius 2 is 1.80 bits per heavy atom. The topological polar surface area (TPSA) is 12.0 Å². The molecule has 1 aromatic rings. The van der Waals surface area contributed by atoms with Crippen LogP contribution in [-0.4, -0.2) is 6.54 Å². The van der Waals surface area contributed by atoms with Crippen LogP contribution in [0.5, 0.6) is 0 Å². The van der Waals surface area contributed by atoms with Crippen LogP contribution in [0, 0.1) is 3.57 Å². The average Bonchev–Trinajstić information content (AvgIpc) is 2.44.